The molecule has 0 saturated heterocycles. The van der Waals surface area contributed by atoms with Crippen molar-refractivity contribution in [2.45, 2.75) is 25.8 Å². The van der Waals surface area contributed by atoms with Crippen LogP contribution in [0.15, 0.2) is 18.2 Å². The zero-order chi connectivity index (χ0) is 15.6. The second-order valence-electron chi connectivity index (χ2n) is 4.08. The summed E-state index contributed by atoms with van der Waals surface area (Å²) in [5, 5.41) is 0. The van der Waals surface area contributed by atoms with Crippen LogP contribution in [0.2, 0.25) is 0 Å². The Morgan fingerprint density at radius 2 is 1.45 bits per heavy atom. The van der Waals surface area contributed by atoms with Crippen LogP contribution < -0.4 is 0 Å². The van der Waals surface area contributed by atoms with Gasteiger partial charge in [0.15, 0.2) is 0 Å². The van der Waals surface area contributed by atoms with Crippen molar-refractivity contribution in [1.82, 2.24) is 4.90 Å². The highest BCUT2D eigenvalue weighted by Crippen LogP contribution is 2.36. The van der Waals surface area contributed by atoms with Crippen molar-refractivity contribution < 1.29 is 31.1 Å². The first-order valence-electron chi connectivity index (χ1n) is 5.55. The van der Waals surface area contributed by atoms with Gasteiger partial charge in [0.2, 0.25) is 6.41 Å². The minimum absolute atomic E-state index is 0.0562. The fourth-order valence-corrected chi connectivity index (χ4v) is 1.57. The Labute approximate surface area is 111 Å². The van der Waals surface area contributed by atoms with Gasteiger partial charge >= 0.3 is 12.4 Å². The van der Waals surface area contributed by atoms with Gasteiger partial charge in [-0.1, -0.05) is 0 Å². The smallest absolute Gasteiger partial charge is 0.341 e. The fourth-order valence-electron chi connectivity index (χ4n) is 1.57. The van der Waals surface area contributed by atoms with E-state index in [0.717, 1.165) is 4.90 Å². The number of nitrogens with zero attached hydrogens (tertiary/aromatic N) is 1. The Kier molecular flexibility index (Phi) is 4.67. The first-order valence-corrected chi connectivity index (χ1v) is 5.55. The van der Waals surface area contributed by atoms with E-state index in [2.05, 4.69) is 0 Å². The summed E-state index contributed by atoms with van der Waals surface area (Å²) >= 11 is 0. The number of benzene rings is 1. The van der Waals surface area contributed by atoms with E-state index in [1.807, 2.05) is 0 Å². The maximum atomic E-state index is 12.6. The highest BCUT2D eigenvalue weighted by molar-refractivity contribution is 5.47. The van der Waals surface area contributed by atoms with Crippen molar-refractivity contribution in [2.24, 2.45) is 0 Å². The Balaban J connectivity index is 3.27. The predicted molar refractivity (Wildman–Crippen MR) is 58.6 cm³/mol. The lowest BCUT2D eigenvalue weighted by atomic mass is 10.0. The van der Waals surface area contributed by atoms with Crippen LogP contribution in [-0.4, -0.2) is 17.9 Å². The summed E-state index contributed by atoms with van der Waals surface area (Å²) in [6.07, 6.45) is -9.39. The summed E-state index contributed by atoms with van der Waals surface area (Å²) in [7, 11) is 0. The van der Waals surface area contributed by atoms with Crippen molar-refractivity contribution >= 4 is 6.41 Å². The molecule has 112 valence electrons. The normalized spacial score (nSPS) is 12.3. The number of amides is 1. The van der Waals surface area contributed by atoms with Crippen LogP contribution in [0.5, 0.6) is 0 Å². The Morgan fingerprint density at radius 1 is 1.00 bits per heavy atom. The molecule has 20 heavy (non-hydrogen) atoms. The van der Waals surface area contributed by atoms with Crippen molar-refractivity contribution in [3.63, 3.8) is 0 Å². The number of rotatable bonds is 4. The van der Waals surface area contributed by atoms with Crippen molar-refractivity contribution in [2.75, 3.05) is 6.54 Å². The van der Waals surface area contributed by atoms with Gasteiger partial charge in [0.25, 0.3) is 0 Å². The van der Waals surface area contributed by atoms with Crippen LogP contribution in [0, 0.1) is 0 Å². The standard InChI is InChI=1S/C12H11F6NO/c1-2-19(7-20)6-8-3-9(11(13,14)15)5-10(4-8)12(16,17)18/h3-5,7H,2,6H2,1H3. The molecule has 8 heteroatoms. The SMILES string of the molecule is CCN(C=O)Cc1cc(C(F)(F)F)cc(C(F)(F)F)c1. The third kappa shape index (κ3) is 4.14. The number of hydrogen-bond acceptors (Lipinski definition) is 1. The van der Waals surface area contributed by atoms with Gasteiger partial charge in [0.05, 0.1) is 11.1 Å². The molecule has 1 amide bonds. The lowest BCUT2D eigenvalue weighted by molar-refractivity contribution is -0.143. The summed E-state index contributed by atoms with van der Waals surface area (Å²) in [5.41, 5.74) is -2.99. The highest BCUT2D eigenvalue weighted by Gasteiger charge is 2.36. The van der Waals surface area contributed by atoms with E-state index < -0.39 is 23.5 Å². The van der Waals surface area contributed by atoms with Crippen LogP contribution in [0.4, 0.5) is 26.3 Å². The molecule has 0 aliphatic heterocycles. The number of alkyl halides is 6. The van der Waals surface area contributed by atoms with Gasteiger partial charge in [0.1, 0.15) is 0 Å². The maximum Gasteiger partial charge on any atom is 0.416 e. The molecule has 1 rings (SSSR count). The summed E-state index contributed by atoms with van der Waals surface area (Å²) in [4.78, 5) is 11.7. The molecule has 0 fully saturated rings. The lowest BCUT2D eigenvalue weighted by Gasteiger charge is -2.18. The lowest BCUT2D eigenvalue weighted by Crippen LogP contribution is -2.21. The molecule has 0 aliphatic rings. The van der Waals surface area contributed by atoms with Crippen LogP contribution in [0.1, 0.15) is 23.6 Å². The van der Waals surface area contributed by atoms with Crippen LogP contribution in [0.3, 0.4) is 0 Å². The Morgan fingerprint density at radius 3 is 1.75 bits per heavy atom. The fraction of sp³-hybridized carbons (Fsp3) is 0.417. The molecule has 2 nitrogen and oxygen atoms in total. The van der Waals surface area contributed by atoms with Crippen LogP contribution >= 0.6 is 0 Å². The highest BCUT2D eigenvalue weighted by atomic mass is 19.4. The van der Waals surface area contributed by atoms with Crippen molar-refractivity contribution in [3.05, 3.63) is 34.9 Å². The van der Waals surface area contributed by atoms with Crippen molar-refractivity contribution in [1.29, 1.82) is 0 Å². The number of hydrogen-bond donors (Lipinski definition) is 0. The quantitative estimate of drug-likeness (QED) is 0.613. The molecule has 0 N–H and O–H groups in total. The Bertz CT molecular complexity index is 448. The summed E-state index contributed by atoms with van der Waals surface area (Å²) < 4.78 is 75.5. The molecule has 0 aromatic heterocycles. The van der Waals surface area contributed by atoms with E-state index in [4.69, 9.17) is 0 Å². The second-order valence-corrected chi connectivity index (χ2v) is 4.08. The van der Waals surface area contributed by atoms with Gasteiger partial charge in [-0.3, -0.25) is 4.79 Å². The summed E-state index contributed by atoms with van der Waals surface area (Å²) in [5.74, 6) is 0. The van der Waals surface area contributed by atoms with Crippen molar-refractivity contribution in [3.8, 4) is 0 Å². The maximum absolute atomic E-state index is 12.6. The summed E-state index contributed by atoms with van der Waals surface area (Å²) in [6, 6.07) is 1.28. The summed E-state index contributed by atoms with van der Waals surface area (Å²) in [6.45, 7) is 1.43. The van der Waals surface area contributed by atoms with E-state index in [-0.39, 0.29) is 24.7 Å². The molecule has 0 bridgehead atoms. The van der Waals surface area contributed by atoms with Gasteiger partial charge < -0.3 is 4.90 Å². The molecule has 0 radical (unpaired) electrons. The minimum Gasteiger partial charge on any atom is -0.341 e. The van der Waals surface area contributed by atoms with Crippen LogP contribution in [0.25, 0.3) is 0 Å². The van der Waals surface area contributed by atoms with E-state index >= 15 is 0 Å². The molecular formula is C12H11F6NO. The zero-order valence-corrected chi connectivity index (χ0v) is 10.3. The van der Waals surface area contributed by atoms with Crippen LogP contribution in [-0.2, 0) is 23.7 Å². The van der Waals surface area contributed by atoms with Gasteiger partial charge in [-0.05, 0) is 30.7 Å². The molecule has 0 unspecified atom stereocenters. The minimum atomic E-state index is -4.88. The van der Waals surface area contributed by atoms with E-state index in [9.17, 15) is 31.1 Å². The average Bonchev–Trinajstić information content (AvgIpc) is 2.33. The molecular weight excluding hydrogens is 288 g/mol. The zero-order valence-electron chi connectivity index (χ0n) is 10.3. The van der Waals surface area contributed by atoms with Gasteiger partial charge in [0, 0.05) is 13.1 Å². The molecule has 1 aromatic rings. The average molecular weight is 299 g/mol. The first-order chi connectivity index (χ1) is 9.07. The third-order valence-electron chi connectivity index (χ3n) is 2.59. The van der Waals surface area contributed by atoms with Gasteiger partial charge in [-0.2, -0.15) is 26.3 Å². The van der Waals surface area contributed by atoms with Gasteiger partial charge in [-0.15, -0.1) is 0 Å². The van der Waals surface area contributed by atoms with E-state index in [0.29, 0.717) is 18.5 Å². The number of carbonyl (C=O) groups is 1. The molecule has 0 saturated carbocycles. The number of carbonyl (C=O) groups excluding carboxylic acids is 1. The van der Waals surface area contributed by atoms with E-state index in [1.54, 1.807) is 6.92 Å². The monoisotopic (exact) mass is 299 g/mol. The van der Waals surface area contributed by atoms with Gasteiger partial charge in [-0.25, -0.2) is 0 Å². The van der Waals surface area contributed by atoms with E-state index in [1.165, 1.54) is 0 Å². The molecule has 0 heterocycles. The molecule has 0 atom stereocenters. The molecule has 0 aliphatic carbocycles. The molecule has 0 spiro atoms. The third-order valence-corrected chi connectivity index (χ3v) is 2.59. The predicted octanol–water partition coefficient (Wildman–Crippen LogP) is 3.70. The molecule has 1 aromatic carbocycles. The second kappa shape index (κ2) is 5.72. The largest absolute Gasteiger partial charge is 0.416 e. The Hall–Kier alpha value is -1.73. The topological polar surface area (TPSA) is 20.3 Å². The first kappa shape index (κ1) is 16.3. The number of halogens is 6.